The Bertz CT molecular complexity index is 414. The smallest absolute Gasteiger partial charge is 0.241 e. The molecule has 2 N–H and O–H groups in total. The van der Waals surface area contributed by atoms with Crippen LogP contribution in [0.4, 0.5) is 4.39 Å². The summed E-state index contributed by atoms with van der Waals surface area (Å²) in [5.41, 5.74) is 0. The third-order valence-corrected chi connectivity index (χ3v) is 4.38. The largest absolute Gasteiger partial charge is 0.391 e. The highest BCUT2D eigenvalue weighted by Gasteiger charge is 2.50. The second-order valence-corrected chi connectivity index (χ2v) is 5.52. The van der Waals surface area contributed by atoms with Gasteiger partial charge in [0.1, 0.15) is 12.2 Å². The van der Waals surface area contributed by atoms with Crippen molar-refractivity contribution in [3.8, 4) is 6.07 Å². The van der Waals surface area contributed by atoms with Crippen LogP contribution in [0.25, 0.3) is 0 Å². The second-order valence-electron chi connectivity index (χ2n) is 5.52. The molecule has 3 aliphatic rings. The summed E-state index contributed by atoms with van der Waals surface area (Å²) in [6.07, 6.45) is 0.0621. The summed E-state index contributed by atoms with van der Waals surface area (Å²) in [6.45, 7) is 0.0230. The van der Waals surface area contributed by atoms with Crippen LogP contribution in [0, 0.1) is 17.2 Å². The zero-order chi connectivity index (χ0) is 12.9. The van der Waals surface area contributed by atoms with Gasteiger partial charge in [-0.05, 0) is 18.8 Å². The van der Waals surface area contributed by atoms with Crippen molar-refractivity contribution in [2.45, 2.75) is 49.7 Å². The fourth-order valence-corrected chi connectivity index (χ4v) is 3.47. The van der Waals surface area contributed by atoms with Crippen LogP contribution in [0.2, 0.25) is 0 Å². The number of carbonyl (C=O) groups excluding carboxylic acids is 1. The lowest BCUT2D eigenvalue weighted by Crippen LogP contribution is -2.53. The number of fused-ring (bicyclic) bond motifs is 2. The van der Waals surface area contributed by atoms with Gasteiger partial charge in [0, 0.05) is 12.5 Å². The van der Waals surface area contributed by atoms with Gasteiger partial charge in [-0.2, -0.15) is 5.26 Å². The van der Waals surface area contributed by atoms with Crippen molar-refractivity contribution in [2.75, 3.05) is 6.54 Å². The topological polar surface area (TPSA) is 76.4 Å². The molecule has 1 amide bonds. The van der Waals surface area contributed by atoms with Crippen molar-refractivity contribution in [1.82, 2.24) is 10.2 Å². The van der Waals surface area contributed by atoms with Crippen LogP contribution >= 0.6 is 12.4 Å². The van der Waals surface area contributed by atoms with Crippen molar-refractivity contribution in [3.05, 3.63) is 0 Å². The quantitative estimate of drug-likeness (QED) is 0.711. The number of amides is 1. The van der Waals surface area contributed by atoms with Crippen molar-refractivity contribution >= 4 is 18.3 Å². The van der Waals surface area contributed by atoms with Crippen molar-refractivity contribution in [3.63, 3.8) is 0 Å². The fraction of sp³-hybridized carbons (Fsp3) is 0.833. The van der Waals surface area contributed by atoms with Crippen LogP contribution in [0.1, 0.15) is 19.3 Å². The molecule has 106 valence electrons. The first-order chi connectivity index (χ1) is 8.60. The summed E-state index contributed by atoms with van der Waals surface area (Å²) in [5, 5.41) is 21.7. The first kappa shape index (κ1) is 14.5. The molecule has 2 aliphatic heterocycles. The Labute approximate surface area is 117 Å². The SMILES string of the molecule is Cl.N#C[C@@H]1C[C@H](F)CN1C(=O)[C@H]1N[C@@H]2C[C@H]1C[C@H]2O. The molecule has 0 spiro atoms. The van der Waals surface area contributed by atoms with Gasteiger partial charge in [-0.25, -0.2) is 4.39 Å². The Morgan fingerprint density at radius 1 is 1.42 bits per heavy atom. The maximum absolute atomic E-state index is 13.3. The molecule has 1 aliphatic carbocycles. The second kappa shape index (κ2) is 5.23. The molecule has 2 heterocycles. The maximum atomic E-state index is 13.3. The van der Waals surface area contributed by atoms with Crippen LogP contribution in [0.5, 0.6) is 0 Å². The van der Waals surface area contributed by atoms with E-state index in [0.717, 1.165) is 6.42 Å². The van der Waals surface area contributed by atoms with E-state index in [2.05, 4.69) is 5.32 Å². The normalized spacial score (nSPS) is 43.9. The number of piperidine rings is 1. The van der Waals surface area contributed by atoms with Gasteiger partial charge in [0.2, 0.25) is 5.91 Å². The zero-order valence-electron chi connectivity index (χ0n) is 10.3. The highest BCUT2D eigenvalue weighted by Crippen LogP contribution is 2.37. The molecule has 0 radical (unpaired) electrons. The lowest BCUT2D eigenvalue weighted by Gasteiger charge is -2.30. The Morgan fingerprint density at radius 2 is 2.16 bits per heavy atom. The molecule has 0 aromatic carbocycles. The van der Waals surface area contributed by atoms with Crippen LogP contribution in [-0.2, 0) is 4.79 Å². The number of halogens is 2. The molecule has 5 nitrogen and oxygen atoms in total. The molecule has 19 heavy (non-hydrogen) atoms. The molecule has 1 saturated carbocycles. The Hall–Kier alpha value is -0.900. The minimum absolute atomic E-state index is 0. The van der Waals surface area contributed by atoms with Crippen LogP contribution in [0.3, 0.4) is 0 Å². The van der Waals surface area contributed by atoms with Crippen molar-refractivity contribution < 1.29 is 14.3 Å². The number of nitriles is 1. The summed E-state index contributed by atoms with van der Waals surface area (Å²) < 4.78 is 13.3. The lowest BCUT2D eigenvalue weighted by atomic mass is 9.97. The summed E-state index contributed by atoms with van der Waals surface area (Å²) in [6, 6.07) is 0.981. The molecular formula is C12H17ClFN3O2. The first-order valence-corrected chi connectivity index (χ1v) is 6.38. The van der Waals surface area contributed by atoms with Crippen molar-refractivity contribution in [1.29, 1.82) is 5.26 Å². The van der Waals surface area contributed by atoms with E-state index < -0.39 is 12.2 Å². The van der Waals surface area contributed by atoms with Gasteiger partial charge >= 0.3 is 0 Å². The van der Waals surface area contributed by atoms with Crippen LogP contribution in [0.15, 0.2) is 0 Å². The van der Waals surface area contributed by atoms with Gasteiger partial charge in [-0.3, -0.25) is 4.79 Å². The van der Waals surface area contributed by atoms with E-state index in [1.807, 2.05) is 6.07 Å². The third kappa shape index (κ3) is 2.31. The minimum atomic E-state index is -1.09. The Kier molecular flexibility index (Phi) is 4.00. The fourth-order valence-electron chi connectivity index (χ4n) is 3.47. The van der Waals surface area contributed by atoms with Gasteiger partial charge in [0.15, 0.2) is 0 Å². The van der Waals surface area contributed by atoms with Gasteiger partial charge in [-0.15, -0.1) is 12.4 Å². The standard InChI is InChI=1S/C12H16FN3O2.ClH/c13-7-3-8(4-14)16(5-7)12(18)11-6-1-9(15-11)10(17)2-6;/h6-11,15,17H,1-3,5H2;1H/t6-,7-,8-,9+,10+,11-;/m0./s1. The number of hydrogen-bond acceptors (Lipinski definition) is 4. The number of likely N-dealkylation sites (tertiary alicyclic amines) is 1. The van der Waals surface area contributed by atoms with Gasteiger partial charge < -0.3 is 15.3 Å². The van der Waals surface area contributed by atoms with E-state index in [0.29, 0.717) is 6.42 Å². The van der Waals surface area contributed by atoms with Gasteiger partial charge in [0.05, 0.1) is 24.8 Å². The molecule has 3 fully saturated rings. The Balaban J connectivity index is 0.00000133. The third-order valence-electron chi connectivity index (χ3n) is 4.38. The predicted molar refractivity (Wildman–Crippen MR) is 67.3 cm³/mol. The molecule has 0 unspecified atom stereocenters. The average Bonchev–Trinajstić information content (AvgIpc) is 3.00. The number of nitrogens with one attached hydrogen (secondary N) is 1. The molecule has 3 rings (SSSR count). The number of rotatable bonds is 1. The summed E-state index contributed by atoms with van der Waals surface area (Å²) in [7, 11) is 0. The highest BCUT2D eigenvalue weighted by atomic mass is 35.5. The molecule has 2 bridgehead atoms. The van der Waals surface area contributed by atoms with Crippen LogP contribution < -0.4 is 5.32 Å². The number of aliphatic hydroxyl groups excluding tert-OH is 1. The van der Waals surface area contributed by atoms with Gasteiger partial charge in [-0.1, -0.05) is 0 Å². The molecule has 7 heteroatoms. The molecule has 0 aromatic heterocycles. The van der Waals surface area contributed by atoms with E-state index in [-0.39, 0.29) is 55.4 Å². The number of nitrogens with zero attached hydrogens (tertiary/aromatic N) is 2. The van der Waals surface area contributed by atoms with Crippen LogP contribution in [-0.4, -0.2) is 52.9 Å². The summed E-state index contributed by atoms with van der Waals surface area (Å²) in [5.74, 6) is -0.0587. The summed E-state index contributed by atoms with van der Waals surface area (Å²) >= 11 is 0. The van der Waals surface area contributed by atoms with E-state index >= 15 is 0 Å². The van der Waals surface area contributed by atoms with E-state index in [1.54, 1.807) is 0 Å². The number of aliphatic hydroxyl groups is 1. The van der Waals surface area contributed by atoms with E-state index in [4.69, 9.17) is 5.26 Å². The predicted octanol–water partition coefficient (Wildman–Crippen LogP) is -0.0179. The molecule has 0 aromatic rings. The molecular weight excluding hydrogens is 273 g/mol. The Morgan fingerprint density at radius 3 is 2.68 bits per heavy atom. The molecule has 6 atom stereocenters. The first-order valence-electron chi connectivity index (χ1n) is 6.38. The highest BCUT2D eigenvalue weighted by molar-refractivity contribution is 5.85. The van der Waals surface area contributed by atoms with Crippen molar-refractivity contribution in [2.24, 2.45) is 5.92 Å². The number of hydrogen-bond donors (Lipinski definition) is 2. The van der Waals surface area contributed by atoms with Gasteiger partial charge in [0.25, 0.3) is 0 Å². The maximum Gasteiger partial charge on any atom is 0.241 e. The summed E-state index contributed by atoms with van der Waals surface area (Å²) in [4.78, 5) is 13.7. The number of alkyl halides is 1. The number of carbonyl (C=O) groups is 1. The lowest BCUT2D eigenvalue weighted by molar-refractivity contribution is -0.135. The minimum Gasteiger partial charge on any atom is -0.391 e. The average molecular weight is 290 g/mol. The monoisotopic (exact) mass is 289 g/mol. The van der Waals surface area contributed by atoms with E-state index in [9.17, 15) is 14.3 Å². The van der Waals surface area contributed by atoms with E-state index in [1.165, 1.54) is 4.90 Å². The molecule has 2 saturated heterocycles. The zero-order valence-corrected chi connectivity index (χ0v) is 11.1.